The summed E-state index contributed by atoms with van der Waals surface area (Å²) < 4.78 is 11.0. The smallest absolute Gasteiger partial charge is 0.325 e. The van der Waals surface area contributed by atoms with Crippen LogP contribution in [0.2, 0.25) is 0 Å². The number of carbonyl (C=O) groups excluding carboxylic acids is 1. The lowest BCUT2D eigenvalue weighted by molar-refractivity contribution is -0.148. The Morgan fingerprint density at radius 2 is 1.84 bits per heavy atom. The van der Waals surface area contributed by atoms with E-state index in [2.05, 4.69) is 5.32 Å². The first-order valence-corrected chi connectivity index (χ1v) is 7.67. The summed E-state index contributed by atoms with van der Waals surface area (Å²) in [6, 6.07) is -0.102. The van der Waals surface area contributed by atoms with Crippen LogP contribution in [0.3, 0.4) is 0 Å². The third kappa shape index (κ3) is 6.92. The number of esters is 1. The minimum absolute atomic E-state index is 0.204. The lowest BCUT2D eigenvalue weighted by Gasteiger charge is -2.23. The van der Waals surface area contributed by atoms with Crippen molar-refractivity contribution in [1.29, 1.82) is 0 Å². The van der Waals surface area contributed by atoms with E-state index >= 15 is 0 Å². The van der Waals surface area contributed by atoms with Crippen LogP contribution in [0.1, 0.15) is 59.3 Å². The Kier molecular flexibility index (Phi) is 8.07. The zero-order valence-corrected chi connectivity index (χ0v) is 12.6. The van der Waals surface area contributed by atoms with Crippen LogP contribution in [0.25, 0.3) is 0 Å². The zero-order chi connectivity index (χ0) is 14.1. The predicted molar refractivity (Wildman–Crippen MR) is 76.1 cm³/mol. The topological polar surface area (TPSA) is 47.6 Å². The second kappa shape index (κ2) is 9.32. The Balaban J connectivity index is 2.39. The van der Waals surface area contributed by atoms with Crippen molar-refractivity contribution in [1.82, 2.24) is 5.32 Å². The summed E-state index contributed by atoms with van der Waals surface area (Å²) in [5.41, 5.74) is 0. The van der Waals surface area contributed by atoms with E-state index in [9.17, 15) is 4.79 Å². The minimum Gasteiger partial charge on any atom is -0.465 e. The number of hydrogen-bond acceptors (Lipinski definition) is 4. The van der Waals surface area contributed by atoms with Gasteiger partial charge in [0.1, 0.15) is 6.04 Å². The predicted octanol–water partition coefficient (Wildman–Crippen LogP) is 2.66. The number of nitrogens with one attached hydrogen (secondary N) is 1. The van der Waals surface area contributed by atoms with Crippen molar-refractivity contribution in [2.24, 2.45) is 0 Å². The van der Waals surface area contributed by atoms with Gasteiger partial charge in [-0.15, -0.1) is 0 Å². The maximum Gasteiger partial charge on any atom is 0.325 e. The Morgan fingerprint density at radius 1 is 1.21 bits per heavy atom. The van der Waals surface area contributed by atoms with Crippen molar-refractivity contribution in [2.45, 2.75) is 77.5 Å². The standard InChI is InChI=1S/C15H29NO3/c1-4-18-15(17)14(16-12(2)3)11-19-13-9-7-5-6-8-10-13/h12-14,16H,4-11H2,1-3H3. The number of carbonyl (C=O) groups is 1. The molecule has 1 rings (SSSR count). The molecule has 1 saturated carbocycles. The van der Waals surface area contributed by atoms with Gasteiger partial charge >= 0.3 is 5.97 Å². The molecule has 4 heteroatoms. The molecular formula is C15H29NO3. The second-order valence-electron chi connectivity index (χ2n) is 5.57. The molecule has 0 heterocycles. The highest BCUT2D eigenvalue weighted by Crippen LogP contribution is 2.19. The van der Waals surface area contributed by atoms with Crippen LogP contribution in [0.4, 0.5) is 0 Å². The molecule has 0 aliphatic heterocycles. The molecule has 1 atom stereocenters. The van der Waals surface area contributed by atoms with Gasteiger partial charge < -0.3 is 14.8 Å². The van der Waals surface area contributed by atoms with Gasteiger partial charge in [-0.1, -0.05) is 39.5 Å². The first-order chi connectivity index (χ1) is 9.13. The summed E-state index contributed by atoms with van der Waals surface area (Å²) in [5, 5.41) is 3.22. The first-order valence-electron chi connectivity index (χ1n) is 7.67. The zero-order valence-electron chi connectivity index (χ0n) is 12.6. The van der Waals surface area contributed by atoms with Gasteiger partial charge in [0.05, 0.1) is 19.3 Å². The highest BCUT2D eigenvalue weighted by molar-refractivity contribution is 5.75. The van der Waals surface area contributed by atoms with Crippen LogP contribution in [-0.4, -0.2) is 37.4 Å². The Bertz CT molecular complexity index is 248. The Morgan fingerprint density at radius 3 is 2.37 bits per heavy atom. The van der Waals surface area contributed by atoms with E-state index in [0.717, 1.165) is 12.8 Å². The number of hydrogen-bond donors (Lipinski definition) is 1. The van der Waals surface area contributed by atoms with E-state index in [1.807, 2.05) is 20.8 Å². The monoisotopic (exact) mass is 271 g/mol. The van der Waals surface area contributed by atoms with E-state index in [1.54, 1.807) is 0 Å². The van der Waals surface area contributed by atoms with Crippen molar-refractivity contribution in [2.75, 3.05) is 13.2 Å². The highest BCUT2D eigenvalue weighted by Gasteiger charge is 2.23. The van der Waals surface area contributed by atoms with Crippen molar-refractivity contribution >= 4 is 5.97 Å². The van der Waals surface area contributed by atoms with Crippen molar-refractivity contribution in [3.05, 3.63) is 0 Å². The van der Waals surface area contributed by atoms with Crippen LogP contribution < -0.4 is 5.32 Å². The fraction of sp³-hybridized carbons (Fsp3) is 0.933. The average Bonchev–Trinajstić information content (AvgIpc) is 2.62. The van der Waals surface area contributed by atoms with E-state index in [0.29, 0.717) is 19.3 Å². The molecule has 4 nitrogen and oxygen atoms in total. The molecule has 0 saturated heterocycles. The van der Waals surface area contributed by atoms with Crippen LogP contribution >= 0.6 is 0 Å². The van der Waals surface area contributed by atoms with Gasteiger partial charge in [0.15, 0.2) is 0 Å². The van der Waals surface area contributed by atoms with E-state index < -0.39 is 0 Å². The van der Waals surface area contributed by atoms with Crippen LogP contribution in [0, 0.1) is 0 Å². The summed E-state index contributed by atoms with van der Waals surface area (Å²) in [7, 11) is 0. The van der Waals surface area contributed by atoms with Gasteiger partial charge in [-0.05, 0) is 19.8 Å². The third-order valence-electron chi connectivity index (χ3n) is 3.41. The lowest BCUT2D eigenvalue weighted by atomic mass is 10.1. The maximum atomic E-state index is 11.9. The van der Waals surface area contributed by atoms with Crippen LogP contribution in [0.15, 0.2) is 0 Å². The molecule has 0 spiro atoms. The Labute approximate surface area is 117 Å². The average molecular weight is 271 g/mol. The van der Waals surface area contributed by atoms with Gasteiger partial charge in [-0.3, -0.25) is 4.79 Å². The molecule has 0 bridgehead atoms. The van der Waals surface area contributed by atoms with Gasteiger partial charge in [0.25, 0.3) is 0 Å². The largest absolute Gasteiger partial charge is 0.465 e. The molecule has 1 fully saturated rings. The van der Waals surface area contributed by atoms with E-state index in [4.69, 9.17) is 9.47 Å². The quantitative estimate of drug-likeness (QED) is 0.571. The molecule has 1 N–H and O–H groups in total. The molecule has 1 aliphatic carbocycles. The second-order valence-corrected chi connectivity index (χ2v) is 5.57. The minimum atomic E-state index is -0.344. The summed E-state index contributed by atoms with van der Waals surface area (Å²) in [6.45, 7) is 6.71. The number of rotatable bonds is 7. The molecule has 0 aromatic rings. The van der Waals surface area contributed by atoms with Gasteiger partial charge in [0.2, 0.25) is 0 Å². The normalized spacial score (nSPS) is 19.2. The maximum absolute atomic E-state index is 11.9. The molecule has 0 aromatic heterocycles. The Hall–Kier alpha value is -0.610. The molecular weight excluding hydrogens is 242 g/mol. The summed E-state index contributed by atoms with van der Waals surface area (Å²) in [6.07, 6.45) is 7.66. The molecule has 0 amide bonds. The van der Waals surface area contributed by atoms with E-state index in [1.165, 1.54) is 25.7 Å². The third-order valence-corrected chi connectivity index (χ3v) is 3.41. The van der Waals surface area contributed by atoms with Crippen LogP contribution in [0.5, 0.6) is 0 Å². The first kappa shape index (κ1) is 16.4. The summed E-state index contributed by atoms with van der Waals surface area (Å²) in [4.78, 5) is 11.9. The van der Waals surface area contributed by atoms with Crippen molar-refractivity contribution in [3.63, 3.8) is 0 Å². The highest BCUT2D eigenvalue weighted by atomic mass is 16.5. The molecule has 0 aromatic carbocycles. The SMILES string of the molecule is CCOC(=O)C(COC1CCCCCC1)NC(C)C. The molecule has 19 heavy (non-hydrogen) atoms. The lowest BCUT2D eigenvalue weighted by Crippen LogP contribution is -2.45. The molecule has 1 unspecified atom stereocenters. The fourth-order valence-electron chi connectivity index (χ4n) is 2.47. The number of ether oxygens (including phenoxy) is 2. The molecule has 112 valence electrons. The van der Waals surface area contributed by atoms with Crippen LogP contribution in [-0.2, 0) is 14.3 Å². The summed E-state index contributed by atoms with van der Waals surface area (Å²) in [5.74, 6) is -0.204. The van der Waals surface area contributed by atoms with Gasteiger partial charge in [-0.2, -0.15) is 0 Å². The van der Waals surface area contributed by atoms with Crippen molar-refractivity contribution < 1.29 is 14.3 Å². The van der Waals surface area contributed by atoms with E-state index in [-0.39, 0.29) is 18.1 Å². The molecule has 0 radical (unpaired) electrons. The fourth-order valence-corrected chi connectivity index (χ4v) is 2.47. The van der Waals surface area contributed by atoms with Gasteiger partial charge in [-0.25, -0.2) is 0 Å². The molecule has 1 aliphatic rings. The van der Waals surface area contributed by atoms with Crippen molar-refractivity contribution in [3.8, 4) is 0 Å². The van der Waals surface area contributed by atoms with Gasteiger partial charge in [0, 0.05) is 6.04 Å². The summed E-state index contributed by atoms with van der Waals surface area (Å²) >= 11 is 0.